The van der Waals surface area contributed by atoms with E-state index in [1.807, 2.05) is 6.07 Å². The first-order valence-corrected chi connectivity index (χ1v) is 5.92. The lowest BCUT2D eigenvalue weighted by molar-refractivity contribution is -0.136. The van der Waals surface area contributed by atoms with Crippen molar-refractivity contribution in [2.24, 2.45) is 0 Å². The smallest absolute Gasteiger partial charge is 0.355 e. The zero-order chi connectivity index (χ0) is 14.8. The third kappa shape index (κ3) is 3.22. The number of rotatable bonds is 2. The van der Waals surface area contributed by atoms with Crippen LogP contribution in [0.25, 0.3) is 0 Å². The highest BCUT2D eigenvalue weighted by atomic mass is 35.5. The predicted molar refractivity (Wildman–Crippen MR) is 70.9 cm³/mol. The molecule has 0 saturated carbocycles. The molecule has 2 nitrogen and oxygen atoms in total. The molecular formula is C14H8ClF3N2. The van der Waals surface area contributed by atoms with E-state index in [1.165, 1.54) is 18.2 Å². The topological polar surface area (TPSA) is 35.8 Å². The quantitative estimate of drug-likeness (QED) is 0.849. The van der Waals surface area contributed by atoms with Gasteiger partial charge in [-0.3, -0.25) is 0 Å². The second-order valence-corrected chi connectivity index (χ2v) is 4.44. The monoisotopic (exact) mass is 296 g/mol. The van der Waals surface area contributed by atoms with Gasteiger partial charge < -0.3 is 5.32 Å². The van der Waals surface area contributed by atoms with Gasteiger partial charge in [0.15, 0.2) is 0 Å². The van der Waals surface area contributed by atoms with E-state index in [9.17, 15) is 13.2 Å². The minimum Gasteiger partial charge on any atom is -0.355 e. The minimum absolute atomic E-state index is 0.00801. The molecule has 2 aromatic carbocycles. The maximum atomic E-state index is 12.9. The van der Waals surface area contributed by atoms with Gasteiger partial charge in [-0.15, -0.1) is 0 Å². The van der Waals surface area contributed by atoms with Crippen molar-refractivity contribution in [2.45, 2.75) is 6.18 Å². The van der Waals surface area contributed by atoms with E-state index >= 15 is 0 Å². The van der Waals surface area contributed by atoms with Gasteiger partial charge in [0.25, 0.3) is 0 Å². The summed E-state index contributed by atoms with van der Waals surface area (Å²) in [6.07, 6.45) is -4.51. The third-order valence-corrected chi connectivity index (χ3v) is 2.79. The third-order valence-electron chi connectivity index (χ3n) is 2.56. The molecule has 2 aromatic rings. The van der Waals surface area contributed by atoms with Gasteiger partial charge in [0, 0.05) is 10.7 Å². The van der Waals surface area contributed by atoms with Gasteiger partial charge in [-0.25, -0.2) is 0 Å². The molecule has 6 heteroatoms. The molecule has 0 aliphatic heterocycles. The zero-order valence-corrected chi connectivity index (χ0v) is 10.8. The summed E-state index contributed by atoms with van der Waals surface area (Å²) in [5, 5.41) is 11.4. The highest BCUT2D eigenvalue weighted by molar-refractivity contribution is 6.30. The number of hydrogen-bond acceptors (Lipinski definition) is 2. The minimum atomic E-state index is -4.51. The SMILES string of the molecule is N#Cc1cccc(Nc2ccc(Cl)cc2C(F)(F)F)c1. The van der Waals surface area contributed by atoms with Crippen LogP contribution in [-0.2, 0) is 6.18 Å². The first-order valence-electron chi connectivity index (χ1n) is 5.54. The standard InChI is InChI=1S/C14H8ClF3N2/c15-10-4-5-13(12(7-10)14(16,17)18)20-11-3-1-2-9(6-11)8-19/h1-7,20H. The number of alkyl halides is 3. The van der Waals surface area contributed by atoms with Crippen LogP contribution in [0.4, 0.5) is 24.5 Å². The van der Waals surface area contributed by atoms with E-state index in [2.05, 4.69) is 5.32 Å². The van der Waals surface area contributed by atoms with Crippen molar-refractivity contribution in [2.75, 3.05) is 5.32 Å². The van der Waals surface area contributed by atoms with Crippen LogP contribution < -0.4 is 5.32 Å². The normalized spacial score (nSPS) is 10.9. The van der Waals surface area contributed by atoms with Crippen LogP contribution >= 0.6 is 11.6 Å². The van der Waals surface area contributed by atoms with Gasteiger partial charge in [0.2, 0.25) is 0 Å². The lowest BCUT2D eigenvalue weighted by Gasteiger charge is -2.15. The molecule has 0 spiro atoms. The molecule has 1 N–H and O–H groups in total. The molecule has 0 unspecified atom stereocenters. The summed E-state index contributed by atoms with van der Waals surface area (Å²) in [6.45, 7) is 0. The Morgan fingerprint density at radius 1 is 1.10 bits per heavy atom. The predicted octanol–water partition coefficient (Wildman–Crippen LogP) is 4.97. The number of anilines is 2. The Labute approximate surface area is 118 Å². The van der Waals surface area contributed by atoms with Crippen LogP contribution in [0.2, 0.25) is 5.02 Å². The van der Waals surface area contributed by atoms with Crippen LogP contribution in [-0.4, -0.2) is 0 Å². The summed E-state index contributed by atoms with van der Waals surface area (Å²) in [5.41, 5.74) is -0.209. The molecule has 20 heavy (non-hydrogen) atoms. The van der Waals surface area contributed by atoms with E-state index in [0.717, 1.165) is 6.07 Å². The highest BCUT2D eigenvalue weighted by Gasteiger charge is 2.33. The van der Waals surface area contributed by atoms with Crippen molar-refractivity contribution in [1.29, 1.82) is 5.26 Å². The van der Waals surface area contributed by atoms with Crippen LogP contribution in [0.1, 0.15) is 11.1 Å². The summed E-state index contributed by atoms with van der Waals surface area (Å²) in [7, 11) is 0. The summed E-state index contributed by atoms with van der Waals surface area (Å²) < 4.78 is 38.8. The van der Waals surface area contributed by atoms with Crippen LogP contribution in [0.3, 0.4) is 0 Å². The molecule has 0 heterocycles. The maximum absolute atomic E-state index is 12.9. The number of halogens is 4. The molecule has 0 aliphatic rings. The average molecular weight is 297 g/mol. The van der Waals surface area contributed by atoms with Crippen LogP contribution in [0.15, 0.2) is 42.5 Å². The van der Waals surface area contributed by atoms with Crippen LogP contribution in [0, 0.1) is 11.3 Å². The van der Waals surface area contributed by atoms with E-state index < -0.39 is 11.7 Å². The molecule has 0 amide bonds. The number of nitrogens with zero attached hydrogens (tertiary/aromatic N) is 1. The molecule has 2 rings (SSSR count). The average Bonchev–Trinajstić information content (AvgIpc) is 2.40. The van der Waals surface area contributed by atoms with Gasteiger partial charge in [-0.1, -0.05) is 17.7 Å². The van der Waals surface area contributed by atoms with Gasteiger partial charge in [0.05, 0.1) is 22.9 Å². The molecule has 0 aliphatic carbocycles. The lowest BCUT2D eigenvalue weighted by atomic mass is 10.1. The molecule has 0 atom stereocenters. The van der Waals surface area contributed by atoms with E-state index in [-0.39, 0.29) is 10.7 Å². The number of benzene rings is 2. The van der Waals surface area contributed by atoms with Crippen molar-refractivity contribution in [3.05, 3.63) is 58.6 Å². The fraction of sp³-hybridized carbons (Fsp3) is 0.0714. The second-order valence-electron chi connectivity index (χ2n) is 4.01. The molecule has 102 valence electrons. The zero-order valence-electron chi connectivity index (χ0n) is 10.0. The largest absolute Gasteiger partial charge is 0.418 e. The van der Waals surface area contributed by atoms with Gasteiger partial charge in [0.1, 0.15) is 0 Å². The summed E-state index contributed by atoms with van der Waals surface area (Å²) >= 11 is 5.60. The van der Waals surface area contributed by atoms with Crippen LogP contribution in [0.5, 0.6) is 0 Å². The lowest BCUT2D eigenvalue weighted by Crippen LogP contribution is -2.08. The molecular weight excluding hydrogens is 289 g/mol. The molecule has 0 saturated heterocycles. The number of nitrogens with one attached hydrogen (secondary N) is 1. The fourth-order valence-electron chi connectivity index (χ4n) is 1.68. The molecule has 0 radical (unpaired) electrons. The van der Waals surface area contributed by atoms with Gasteiger partial charge in [-0.2, -0.15) is 18.4 Å². The molecule has 0 aromatic heterocycles. The van der Waals surface area contributed by atoms with Gasteiger partial charge in [-0.05, 0) is 36.4 Å². The van der Waals surface area contributed by atoms with Crippen molar-refractivity contribution in [1.82, 2.24) is 0 Å². The fourth-order valence-corrected chi connectivity index (χ4v) is 1.85. The van der Waals surface area contributed by atoms with Gasteiger partial charge >= 0.3 is 6.18 Å². The summed E-state index contributed by atoms with van der Waals surface area (Å²) in [4.78, 5) is 0. The number of nitriles is 1. The Hall–Kier alpha value is -2.19. The first kappa shape index (κ1) is 14.2. The second kappa shape index (κ2) is 5.43. The first-order chi connectivity index (χ1) is 9.40. The molecule has 0 bridgehead atoms. The van der Waals surface area contributed by atoms with Crippen molar-refractivity contribution in [3.8, 4) is 6.07 Å². The van der Waals surface area contributed by atoms with Crippen molar-refractivity contribution < 1.29 is 13.2 Å². The van der Waals surface area contributed by atoms with E-state index in [1.54, 1.807) is 18.2 Å². The molecule has 0 fully saturated rings. The Morgan fingerprint density at radius 2 is 1.85 bits per heavy atom. The Bertz CT molecular complexity index is 675. The Balaban J connectivity index is 2.41. The Morgan fingerprint density at radius 3 is 2.50 bits per heavy atom. The maximum Gasteiger partial charge on any atom is 0.418 e. The summed E-state index contributed by atoms with van der Waals surface area (Å²) in [6, 6.07) is 11.6. The van der Waals surface area contributed by atoms with Crippen molar-refractivity contribution >= 4 is 23.0 Å². The highest BCUT2D eigenvalue weighted by Crippen LogP contribution is 2.37. The van der Waals surface area contributed by atoms with E-state index in [4.69, 9.17) is 16.9 Å². The van der Waals surface area contributed by atoms with Crippen molar-refractivity contribution in [3.63, 3.8) is 0 Å². The van der Waals surface area contributed by atoms with E-state index in [0.29, 0.717) is 11.3 Å². The summed E-state index contributed by atoms with van der Waals surface area (Å²) in [5.74, 6) is 0. The number of hydrogen-bond donors (Lipinski definition) is 1. The Kier molecular flexibility index (Phi) is 3.86.